The molecule has 1 aliphatic heterocycles. The van der Waals surface area contributed by atoms with Gasteiger partial charge in [0.1, 0.15) is 5.65 Å². The van der Waals surface area contributed by atoms with Crippen LogP contribution in [-0.2, 0) is 11.2 Å². The van der Waals surface area contributed by atoms with Crippen LogP contribution in [0.15, 0.2) is 35.6 Å². The van der Waals surface area contributed by atoms with Crippen molar-refractivity contribution in [2.24, 2.45) is 4.99 Å². The molecule has 1 aliphatic rings. The molecule has 2 N–H and O–H groups in total. The lowest BCUT2D eigenvalue weighted by atomic mass is 10.3. The number of nitrogens with zero attached hydrogens (tertiary/aromatic N) is 4. The molecule has 3 rings (SSSR count). The smallest absolute Gasteiger partial charge is 0.222 e. The van der Waals surface area contributed by atoms with Crippen LogP contribution in [0.1, 0.15) is 32.4 Å². The number of carbonyl (C=O) groups is 1. The van der Waals surface area contributed by atoms with Crippen molar-refractivity contribution in [1.82, 2.24) is 24.9 Å². The van der Waals surface area contributed by atoms with Gasteiger partial charge in [-0.05, 0) is 25.5 Å². The Morgan fingerprint density at radius 3 is 3.04 bits per heavy atom. The van der Waals surface area contributed by atoms with Crippen molar-refractivity contribution in [2.45, 2.75) is 39.2 Å². The second-order valence-corrected chi connectivity index (χ2v) is 6.53. The molecular formula is C19H28N6O. The summed E-state index contributed by atoms with van der Waals surface area (Å²) < 4.78 is 2.03. The number of hydrogen-bond donors (Lipinski definition) is 2. The molecule has 26 heavy (non-hydrogen) atoms. The molecule has 7 heteroatoms. The van der Waals surface area contributed by atoms with Crippen molar-refractivity contribution < 1.29 is 4.79 Å². The number of aromatic nitrogens is 2. The van der Waals surface area contributed by atoms with E-state index >= 15 is 0 Å². The summed E-state index contributed by atoms with van der Waals surface area (Å²) in [5.74, 6) is 1.04. The van der Waals surface area contributed by atoms with E-state index in [-0.39, 0.29) is 11.9 Å². The quantitative estimate of drug-likeness (QED) is 0.607. The summed E-state index contributed by atoms with van der Waals surface area (Å²) >= 11 is 0. The number of guanidine groups is 1. The van der Waals surface area contributed by atoms with Gasteiger partial charge < -0.3 is 19.9 Å². The minimum absolute atomic E-state index is 0.225. The summed E-state index contributed by atoms with van der Waals surface area (Å²) in [6.07, 6.45) is 6.38. The van der Waals surface area contributed by atoms with Crippen LogP contribution >= 0.6 is 0 Å². The van der Waals surface area contributed by atoms with Crippen LogP contribution in [0.25, 0.3) is 5.65 Å². The van der Waals surface area contributed by atoms with E-state index in [1.165, 1.54) is 0 Å². The fourth-order valence-electron chi connectivity index (χ4n) is 3.23. The molecule has 0 bridgehead atoms. The van der Waals surface area contributed by atoms with Crippen LogP contribution < -0.4 is 10.6 Å². The first-order chi connectivity index (χ1) is 12.7. The Morgan fingerprint density at radius 1 is 1.38 bits per heavy atom. The maximum absolute atomic E-state index is 11.8. The van der Waals surface area contributed by atoms with Gasteiger partial charge in [0.05, 0.1) is 5.69 Å². The van der Waals surface area contributed by atoms with Crippen molar-refractivity contribution in [3.05, 3.63) is 36.3 Å². The number of likely N-dealkylation sites (tertiary alicyclic amines) is 1. The van der Waals surface area contributed by atoms with Gasteiger partial charge in [-0.2, -0.15) is 0 Å². The molecule has 1 atom stereocenters. The highest BCUT2D eigenvalue weighted by Gasteiger charge is 2.25. The minimum atomic E-state index is 0.225. The van der Waals surface area contributed by atoms with Gasteiger partial charge >= 0.3 is 0 Å². The van der Waals surface area contributed by atoms with E-state index in [9.17, 15) is 4.79 Å². The van der Waals surface area contributed by atoms with E-state index in [1.54, 1.807) is 0 Å². The van der Waals surface area contributed by atoms with E-state index in [0.29, 0.717) is 13.0 Å². The molecule has 1 fully saturated rings. The second kappa shape index (κ2) is 8.69. The molecule has 0 aromatic carbocycles. The zero-order chi connectivity index (χ0) is 18.4. The summed E-state index contributed by atoms with van der Waals surface area (Å²) in [6, 6.07) is 6.25. The molecule has 7 nitrogen and oxygen atoms in total. The Labute approximate surface area is 154 Å². The number of rotatable bonds is 6. The van der Waals surface area contributed by atoms with Crippen LogP contribution in [0.2, 0.25) is 0 Å². The van der Waals surface area contributed by atoms with Crippen molar-refractivity contribution in [3.63, 3.8) is 0 Å². The summed E-state index contributed by atoms with van der Waals surface area (Å²) in [5.41, 5.74) is 2.00. The Bertz CT molecular complexity index is 735. The first kappa shape index (κ1) is 18.2. The lowest BCUT2D eigenvalue weighted by Crippen LogP contribution is -2.45. The van der Waals surface area contributed by atoms with Gasteiger partial charge in [-0.1, -0.05) is 13.0 Å². The molecule has 2 aromatic rings. The molecule has 0 aliphatic carbocycles. The lowest BCUT2D eigenvalue weighted by molar-refractivity contribution is -0.129. The average molecular weight is 356 g/mol. The topological polar surface area (TPSA) is 74.0 Å². The molecule has 1 unspecified atom stereocenters. The van der Waals surface area contributed by atoms with E-state index in [4.69, 9.17) is 0 Å². The van der Waals surface area contributed by atoms with E-state index in [2.05, 4.69) is 33.7 Å². The minimum Gasteiger partial charge on any atom is -0.357 e. The highest BCUT2D eigenvalue weighted by Crippen LogP contribution is 2.10. The first-order valence-electron chi connectivity index (χ1n) is 9.44. The van der Waals surface area contributed by atoms with E-state index in [1.807, 2.05) is 40.6 Å². The van der Waals surface area contributed by atoms with Crippen molar-refractivity contribution >= 4 is 17.5 Å². The highest BCUT2D eigenvalue weighted by molar-refractivity contribution is 5.80. The highest BCUT2D eigenvalue weighted by atomic mass is 16.2. The summed E-state index contributed by atoms with van der Waals surface area (Å²) in [5, 5.41) is 6.75. The molecule has 0 radical (unpaired) electrons. The molecule has 1 amide bonds. The molecule has 0 spiro atoms. The lowest BCUT2D eigenvalue weighted by Gasteiger charge is -2.18. The second-order valence-electron chi connectivity index (χ2n) is 6.53. The van der Waals surface area contributed by atoms with Crippen LogP contribution in [0, 0.1) is 0 Å². The number of hydrogen-bond acceptors (Lipinski definition) is 3. The van der Waals surface area contributed by atoms with Gasteiger partial charge in [0.2, 0.25) is 5.91 Å². The monoisotopic (exact) mass is 356 g/mol. The summed E-state index contributed by atoms with van der Waals surface area (Å²) in [7, 11) is 0. The third-order valence-electron chi connectivity index (χ3n) is 4.58. The Morgan fingerprint density at radius 2 is 2.27 bits per heavy atom. The van der Waals surface area contributed by atoms with E-state index in [0.717, 1.165) is 49.8 Å². The predicted molar refractivity (Wildman–Crippen MR) is 103 cm³/mol. The van der Waals surface area contributed by atoms with Crippen LogP contribution in [0.4, 0.5) is 0 Å². The number of fused-ring (bicyclic) bond motifs is 1. The number of pyridine rings is 1. The first-order valence-corrected chi connectivity index (χ1v) is 9.44. The van der Waals surface area contributed by atoms with Gasteiger partial charge in [-0.3, -0.25) is 9.79 Å². The SMILES string of the molecule is CCNC(=NCCc1cn2ccccc2n1)NC1CCN(C(=O)CC)C1. The predicted octanol–water partition coefficient (Wildman–Crippen LogP) is 1.44. The third-order valence-corrected chi connectivity index (χ3v) is 4.58. The molecule has 2 aromatic heterocycles. The fraction of sp³-hybridized carbons (Fsp3) is 0.526. The number of nitrogens with one attached hydrogen (secondary N) is 2. The molecule has 140 valence electrons. The zero-order valence-corrected chi connectivity index (χ0v) is 15.6. The molecule has 1 saturated heterocycles. The maximum atomic E-state index is 11.8. The molecular weight excluding hydrogens is 328 g/mol. The van der Waals surface area contributed by atoms with E-state index < -0.39 is 0 Å². The Kier molecular flexibility index (Phi) is 6.09. The van der Waals surface area contributed by atoms with Crippen molar-refractivity contribution in [1.29, 1.82) is 0 Å². The Balaban J connectivity index is 1.54. The molecule has 0 saturated carbocycles. The summed E-state index contributed by atoms with van der Waals surface area (Å²) in [6.45, 7) is 7.03. The standard InChI is InChI=1S/C19H28N6O/c1-3-18(26)25-12-9-16(14-25)23-19(20-4-2)21-10-8-15-13-24-11-6-5-7-17(24)22-15/h5-7,11,13,16H,3-4,8-10,12,14H2,1-2H3,(H2,20,21,23). The number of aliphatic imine (C=N–C) groups is 1. The summed E-state index contributed by atoms with van der Waals surface area (Å²) in [4.78, 5) is 23.0. The molecule has 3 heterocycles. The largest absolute Gasteiger partial charge is 0.357 e. The van der Waals surface area contributed by atoms with Gasteiger partial charge in [0.15, 0.2) is 5.96 Å². The van der Waals surface area contributed by atoms with Gasteiger partial charge in [-0.15, -0.1) is 0 Å². The van der Waals surface area contributed by atoms with Crippen molar-refractivity contribution in [2.75, 3.05) is 26.2 Å². The van der Waals surface area contributed by atoms with Crippen LogP contribution in [-0.4, -0.2) is 58.4 Å². The van der Waals surface area contributed by atoms with Gasteiger partial charge in [0.25, 0.3) is 0 Å². The van der Waals surface area contributed by atoms with Gasteiger partial charge in [0, 0.05) is 57.5 Å². The van der Waals surface area contributed by atoms with Crippen LogP contribution in [0.5, 0.6) is 0 Å². The Hall–Kier alpha value is -2.57. The third kappa shape index (κ3) is 4.53. The maximum Gasteiger partial charge on any atom is 0.222 e. The average Bonchev–Trinajstić information content (AvgIpc) is 3.27. The number of amides is 1. The van der Waals surface area contributed by atoms with Gasteiger partial charge in [-0.25, -0.2) is 4.98 Å². The normalized spacial score (nSPS) is 17.7. The zero-order valence-electron chi connectivity index (χ0n) is 15.6. The number of imidazole rings is 1. The fourth-order valence-corrected chi connectivity index (χ4v) is 3.23. The van der Waals surface area contributed by atoms with Crippen molar-refractivity contribution in [3.8, 4) is 0 Å². The number of carbonyl (C=O) groups excluding carboxylic acids is 1. The van der Waals surface area contributed by atoms with Crippen LogP contribution in [0.3, 0.4) is 0 Å².